The van der Waals surface area contributed by atoms with Gasteiger partial charge in [-0.3, -0.25) is 24.1 Å². The van der Waals surface area contributed by atoms with Crippen LogP contribution in [0.5, 0.6) is 5.75 Å². The van der Waals surface area contributed by atoms with Crippen molar-refractivity contribution in [1.82, 2.24) is 26.2 Å². The third-order valence-corrected chi connectivity index (χ3v) is 6.76. The van der Waals surface area contributed by atoms with Crippen LogP contribution in [0.3, 0.4) is 0 Å². The molecular formula is C26H39N5O5. The zero-order valence-electron chi connectivity index (χ0n) is 21.5. The van der Waals surface area contributed by atoms with Crippen molar-refractivity contribution in [1.29, 1.82) is 0 Å². The molecule has 3 rings (SSSR count). The SMILES string of the molecule is CCN1CCC[C@H]1CNC(=O)[C@@H]1CCC(=O)N[C@@H](C(C)C)C(=O)NCCOc2ccccc2C(=O)N1. The second-order valence-corrected chi connectivity index (χ2v) is 9.66. The second-order valence-electron chi connectivity index (χ2n) is 9.66. The van der Waals surface area contributed by atoms with Gasteiger partial charge >= 0.3 is 0 Å². The van der Waals surface area contributed by atoms with E-state index in [-0.39, 0.29) is 61.2 Å². The predicted octanol–water partition coefficient (Wildman–Crippen LogP) is 0.815. The monoisotopic (exact) mass is 501 g/mol. The average Bonchev–Trinajstić information content (AvgIpc) is 3.33. The Labute approximate surface area is 212 Å². The van der Waals surface area contributed by atoms with Crippen LogP contribution in [0.4, 0.5) is 0 Å². The third-order valence-electron chi connectivity index (χ3n) is 6.76. The Balaban J connectivity index is 1.78. The number of rotatable bonds is 5. The first-order chi connectivity index (χ1) is 17.3. The summed E-state index contributed by atoms with van der Waals surface area (Å²) >= 11 is 0. The largest absolute Gasteiger partial charge is 0.491 e. The lowest BCUT2D eigenvalue weighted by Crippen LogP contribution is -2.51. The van der Waals surface area contributed by atoms with Crippen molar-refractivity contribution < 1.29 is 23.9 Å². The number of para-hydroxylation sites is 1. The highest BCUT2D eigenvalue weighted by Gasteiger charge is 2.29. The molecule has 10 heteroatoms. The number of ether oxygens (including phenoxy) is 1. The molecule has 36 heavy (non-hydrogen) atoms. The van der Waals surface area contributed by atoms with Crippen LogP contribution >= 0.6 is 0 Å². The summed E-state index contributed by atoms with van der Waals surface area (Å²) in [7, 11) is 0. The minimum Gasteiger partial charge on any atom is -0.491 e. The number of likely N-dealkylation sites (N-methyl/N-ethyl adjacent to an activating group) is 1. The quantitative estimate of drug-likeness (QED) is 0.473. The van der Waals surface area contributed by atoms with E-state index in [4.69, 9.17) is 4.74 Å². The van der Waals surface area contributed by atoms with Crippen molar-refractivity contribution >= 4 is 23.6 Å². The average molecular weight is 502 g/mol. The van der Waals surface area contributed by atoms with Gasteiger partial charge < -0.3 is 26.0 Å². The van der Waals surface area contributed by atoms with E-state index in [1.54, 1.807) is 24.3 Å². The van der Waals surface area contributed by atoms with E-state index in [0.717, 1.165) is 25.9 Å². The van der Waals surface area contributed by atoms with Gasteiger partial charge in [0.05, 0.1) is 12.1 Å². The summed E-state index contributed by atoms with van der Waals surface area (Å²) in [6, 6.07) is 5.40. The lowest BCUT2D eigenvalue weighted by atomic mass is 10.0. The lowest BCUT2D eigenvalue weighted by molar-refractivity contribution is -0.130. The van der Waals surface area contributed by atoms with Gasteiger partial charge in [-0.2, -0.15) is 0 Å². The van der Waals surface area contributed by atoms with Gasteiger partial charge in [0.25, 0.3) is 5.91 Å². The molecule has 198 valence electrons. The summed E-state index contributed by atoms with van der Waals surface area (Å²) in [6.45, 7) is 8.59. The van der Waals surface area contributed by atoms with Crippen LogP contribution in [-0.4, -0.2) is 79.4 Å². The molecule has 1 aromatic rings. The van der Waals surface area contributed by atoms with Gasteiger partial charge in [-0.1, -0.05) is 32.9 Å². The van der Waals surface area contributed by atoms with Crippen LogP contribution in [-0.2, 0) is 14.4 Å². The molecule has 0 aliphatic carbocycles. The van der Waals surface area contributed by atoms with Crippen LogP contribution in [0.25, 0.3) is 0 Å². The van der Waals surface area contributed by atoms with Gasteiger partial charge in [0.1, 0.15) is 24.4 Å². The molecule has 2 heterocycles. The first kappa shape index (κ1) is 27.4. The molecule has 1 aromatic carbocycles. The molecule has 4 amide bonds. The maximum atomic E-state index is 13.2. The molecule has 3 atom stereocenters. The molecule has 10 nitrogen and oxygen atoms in total. The second kappa shape index (κ2) is 13.2. The molecule has 0 unspecified atom stereocenters. The van der Waals surface area contributed by atoms with Gasteiger partial charge in [-0.25, -0.2) is 0 Å². The van der Waals surface area contributed by atoms with Gasteiger partial charge in [0, 0.05) is 19.0 Å². The fourth-order valence-electron chi connectivity index (χ4n) is 4.67. The number of amides is 4. The number of hydrogen-bond donors (Lipinski definition) is 4. The van der Waals surface area contributed by atoms with Crippen molar-refractivity contribution in [2.75, 3.05) is 32.8 Å². The Hall–Kier alpha value is -3.14. The number of carbonyl (C=O) groups is 4. The van der Waals surface area contributed by atoms with E-state index in [0.29, 0.717) is 12.3 Å². The van der Waals surface area contributed by atoms with E-state index in [9.17, 15) is 19.2 Å². The van der Waals surface area contributed by atoms with Gasteiger partial charge in [-0.15, -0.1) is 0 Å². The van der Waals surface area contributed by atoms with Crippen molar-refractivity contribution in [3.8, 4) is 5.75 Å². The fourth-order valence-corrected chi connectivity index (χ4v) is 4.67. The van der Waals surface area contributed by atoms with Crippen LogP contribution in [0.2, 0.25) is 0 Å². The maximum Gasteiger partial charge on any atom is 0.255 e. The topological polar surface area (TPSA) is 129 Å². The zero-order valence-corrected chi connectivity index (χ0v) is 21.5. The van der Waals surface area contributed by atoms with Crippen molar-refractivity contribution in [3.63, 3.8) is 0 Å². The first-order valence-corrected chi connectivity index (χ1v) is 12.9. The maximum absolute atomic E-state index is 13.2. The Morgan fingerprint density at radius 3 is 2.69 bits per heavy atom. The number of nitrogens with zero attached hydrogens (tertiary/aromatic N) is 1. The Kier molecular flexibility index (Phi) is 10.1. The Bertz CT molecular complexity index is 937. The number of nitrogens with one attached hydrogen (secondary N) is 4. The number of benzene rings is 1. The predicted molar refractivity (Wildman–Crippen MR) is 135 cm³/mol. The van der Waals surface area contributed by atoms with Crippen molar-refractivity contribution in [2.45, 2.75) is 64.6 Å². The van der Waals surface area contributed by atoms with E-state index < -0.39 is 18.0 Å². The zero-order chi connectivity index (χ0) is 26.1. The molecule has 1 fully saturated rings. The summed E-state index contributed by atoms with van der Waals surface area (Å²) in [5, 5.41) is 11.3. The fraction of sp³-hybridized carbons (Fsp3) is 0.615. The standard InChI is InChI=1S/C26H39N5O5/c1-4-31-14-7-8-18(31)16-28-25(34)20-11-12-22(32)30-23(17(2)3)26(35)27-13-15-36-21-10-6-5-9-19(21)24(33)29-20/h5-6,9-10,17-18,20,23H,4,7-8,11-16H2,1-3H3,(H,27,35)(H,28,34)(H,29,33)(H,30,32)/t18-,20-,23-/m0/s1. The van der Waals surface area contributed by atoms with Crippen LogP contribution < -0.4 is 26.0 Å². The molecule has 2 aliphatic rings. The number of hydrogen-bond acceptors (Lipinski definition) is 6. The smallest absolute Gasteiger partial charge is 0.255 e. The minimum absolute atomic E-state index is 0.0163. The Morgan fingerprint density at radius 1 is 1.17 bits per heavy atom. The number of carbonyl (C=O) groups excluding carboxylic acids is 4. The van der Waals surface area contributed by atoms with Crippen LogP contribution in [0, 0.1) is 5.92 Å². The van der Waals surface area contributed by atoms with Gasteiger partial charge in [0.15, 0.2) is 0 Å². The summed E-state index contributed by atoms with van der Waals surface area (Å²) in [6.07, 6.45) is 2.19. The summed E-state index contributed by atoms with van der Waals surface area (Å²) < 4.78 is 5.77. The van der Waals surface area contributed by atoms with Gasteiger partial charge in [-0.05, 0) is 50.4 Å². The summed E-state index contributed by atoms with van der Waals surface area (Å²) in [5.74, 6) is -1.21. The van der Waals surface area contributed by atoms with E-state index in [1.807, 2.05) is 13.8 Å². The first-order valence-electron chi connectivity index (χ1n) is 12.9. The highest BCUT2D eigenvalue weighted by atomic mass is 16.5. The minimum atomic E-state index is -0.913. The molecule has 1 saturated heterocycles. The van der Waals surface area contributed by atoms with Gasteiger partial charge in [0.2, 0.25) is 17.7 Å². The Morgan fingerprint density at radius 2 is 1.94 bits per heavy atom. The van der Waals surface area contributed by atoms with E-state index >= 15 is 0 Å². The third kappa shape index (κ3) is 7.43. The highest BCUT2D eigenvalue weighted by molar-refractivity contribution is 5.99. The van der Waals surface area contributed by atoms with Crippen molar-refractivity contribution in [3.05, 3.63) is 29.8 Å². The van der Waals surface area contributed by atoms with Crippen molar-refractivity contribution in [2.24, 2.45) is 5.92 Å². The lowest BCUT2D eigenvalue weighted by Gasteiger charge is -2.25. The molecule has 4 N–H and O–H groups in total. The number of likely N-dealkylation sites (tertiary alicyclic amines) is 1. The highest BCUT2D eigenvalue weighted by Crippen LogP contribution is 2.19. The van der Waals surface area contributed by atoms with Crippen LogP contribution in [0.15, 0.2) is 24.3 Å². The van der Waals surface area contributed by atoms with Crippen LogP contribution in [0.1, 0.15) is 56.8 Å². The molecule has 0 spiro atoms. The normalized spacial score (nSPS) is 24.4. The van der Waals surface area contributed by atoms with E-state index in [2.05, 4.69) is 33.1 Å². The number of fused-ring (bicyclic) bond motifs is 1. The molecule has 0 saturated carbocycles. The molecular weight excluding hydrogens is 462 g/mol. The molecule has 0 radical (unpaired) electrons. The van der Waals surface area contributed by atoms with E-state index in [1.165, 1.54) is 0 Å². The molecule has 0 bridgehead atoms. The molecule has 0 aromatic heterocycles. The summed E-state index contributed by atoms with van der Waals surface area (Å²) in [4.78, 5) is 54.0. The molecule has 2 aliphatic heterocycles. The summed E-state index contributed by atoms with van der Waals surface area (Å²) in [5.41, 5.74) is 0.286.